The average molecular weight is 274 g/mol. The van der Waals surface area contributed by atoms with Crippen molar-refractivity contribution in [2.75, 3.05) is 13.7 Å². The average Bonchev–Trinajstić information content (AvgIpc) is 2.22. The van der Waals surface area contributed by atoms with Crippen LogP contribution in [0.1, 0.15) is 23.7 Å². The van der Waals surface area contributed by atoms with Crippen LogP contribution in [-0.4, -0.2) is 18.8 Å². The summed E-state index contributed by atoms with van der Waals surface area (Å²) in [5, 5.41) is 9.80. The van der Waals surface area contributed by atoms with Crippen molar-refractivity contribution in [1.82, 2.24) is 0 Å². The van der Waals surface area contributed by atoms with Gasteiger partial charge in [-0.05, 0) is 53.0 Å². The topological polar surface area (TPSA) is 55.5 Å². The molecule has 0 aliphatic carbocycles. The van der Waals surface area contributed by atoms with Crippen molar-refractivity contribution in [2.45, 2.75) is 19.4 Å². The first-order valence-electron chi connectivity index (χ1n) is 4.82. The lowest BCUT2D eigenvalue weighted by atomic mass is 10.0. The number of nitrogens with two attached hydrogens (primary N) is 1. The number of methoxy groups -OCH3 is 1. The molecule has 1 aromatic carbocycles. The largest absolute Gasteiger partial charge is 0.496 e. The van der Waals surface area contributed by atoms with Crippen LogP contribution in [0.4, 0.5) is 0 Å². The molecule has 3 N–H and O–H groups in total. The van der Waals surface area contributed by atoms with Crippen LogP contribution in [-0.2, 0) is 0 Å². The van der Waals surface area contributed by atoms with E-state index >= 15 is 0 Å². The van der Waals surface area contributed by atoms with Gasteiger partial charge in [-0.2, -0.15) is 0 Å². The predicted molar refractivity (Wildman–Crippen MR) is 64.1 cm³/mol. The minimum absolute atomic E-state index is 0.471. The Morgan fingerprint density at radius 1 is 1.53 bits per heavy atom. The van der Waals surface area contributed by atoms with Crippen molar-refractivity contribution in [2.24, 2.45) is 5.73 Å². The fraction of sp³-hybridized carbons (Fsp3) is 0.455. The monoisotopic (exact) mass is 273 g/mol. The van der Waals surface area contributed by atoms with Gasteiger partial charge in [0.05, 0.1) is 17.7 Å². The van der Waals surface area contributed by atoms with Gasteiger partial charge in [-0.25, -0.2) is 0 Å². The second kappa shape index (κ2) is 5.49. The molecule has 0 aliphatic heterocycles. The van der Waals surface area contributed by atoms with E-state index < -0.39 is 6.10 Å². The Bertz CT molecular complexity index is 342. The normalized spacial score (nSPS) is 12.6. The lowest BCUT2D eigenvalue weighted by molar-refractivity contribution is 0.170. The highest BCUT2D eigenvalue weighted by molar-refractivity contribution is 9.10. The number of aryl methyl sites for hydroxylation is 1. The fourth-order valence-electron chi connectivity index (χ4n) is 1.43. The van der Waals surface area contributed by atoms with Crippen LogP contribution in [0, 0.1) is 6.92 Å². The standard InChI is InChI=1S/C11H16BrNO2/c1-7-5-8(9(14)3-4-13)6-10(15-2)11(7)12/h5-6,9,14H,3-4,13H2,1-2H3. The van der Waals surface area contributed by atoms with E-state index in [4.69, 9.17) is 10.5 Å². The molecular formula is C11H16BrNO2. The third kappa shape index (κ3) is 2.93. The maximum absolute atomic E-state index is 9.80. The molecule has 4 heteroatoms. The molecule has 0 heterocycles. The SMILES string of the molecule is COc1cc(C(O)CCN)cc(C)c1Br. The molecule has 0 aromatic heterocycles. The van der Waals surface area contributed by atoms with Crippen LogP contribution in [0.3, 0.4) is 0 Å². The van der Waals surface area contributed by atoms with Crippen LogP contribution < -0.4 is 10.5 Å². The molecule has 0 bridgehead atoms. The summed E-state index contributed by atoms with van der Waals surface area (Å²) in [5.41, 5.74) is 7.29. The van der Waals surface area contributed by atoms with Crippen LogP contribution >= 0.6 is 15.9 Å². The second-order valence-electron chi connectivity index (χ2n) is 3.45. The van der Waals surface area contributed by atoms with E-state index in [1.807, 2.05) is 19.1 Å². The summed E-state index contributed by atoms with van der Waals surface area (Å²) in [4.78, 5) is 0. The first-order valence-corrected chi connectivity index (χ1v) is 5.61. The lowest BCUT2D eigenvalue weighted by Crippen LogP contribution is -2.07. The van der Waals surface area contributed by atoms with Gasteiger partial charge in [-0.3, -0.25) is 0 Å². The van der Waals surface area contributed by atoms with E-state index in [1.54, 1.807) is 7.11 Å². The quantitative estimate of drug-likeness (QED) is 0.884. The molecule has 1 atom stereocenters. The molecule has 3 nitrogen and oxygen atoms in total. The van der Waals surface area contributed by atoms with Crippen LogP contribution in [0.25, 0.3) is 0 Å². The summed E-state index contributed by atoms with van der Waals surface area (Å²) in [6.07, 6.45) is 0.0419. The lowest BCUT2D eigenvalue weighted by Gasteiger charge is -2.14. The number of halogens is 1. The zero-order valence-corrected chi connectivity index (χ0v) is 10.5. The van der Waals surface area contributed by atoms with Crippen molar-refractivity contribution in [3.05, 3.63) is 27.7 Å². The summed E-state index contributed by atoms with van der Waals surface area (Å²) >= 11 is 3.43. The van der Waals surface area contributed by atoms with Gasteiger partial charge in [0.15, 0.2) is 0 Å². The number of hydrogen-bond acceptors (Lipinski definition) is 3. The van der Waals surface area contributed by atoms with Gasteiger partial charge in [0.1, 0.15) is 5.75 Å². The zero-order chi connectivity index (χ0) is 11.4. The zero-order valence-electron chi connectivity index (χ0n) is 8.96. The van der Waals surface area contributed by atoms with E-state index in [9.17, 15) is 5.11 Å². The summed E-state index contributed by atoms with van der Waals surface area (Å²) in [6, 6.07) is 3.77. The summed E-state index contributed by atoms with van der Waals surface area (Å²) in [5.74, 6) is 0.737. The molecule has 1 unspecified atom stereocenters. The third-order valence-corrected chi connectivity index (χ3v) is 3.30. The molecule has 0 aliphatic rings. The molecule has 0 fully saturated rings. The van der Waals surface area contributed by atoms with Gasteiger partial charge >= 0.3 is 0 Å². The second-order valence-corrected chi connectivity index (χ2v) is 4.24. The predicted octanol–water partition coefficient (Wildman–Crippen LogP) is 2.15. The molecule has 0 amide bonds. The molecule has 15 heavy (non-hydrogen) atoms. The summed E-state index contributed by atoms with van der Waals surface area (Å²) in [6.45, 7) is 2.43. The number of rotatable bonds is 4. The van der Waals surface area contributed by atoms with Gasteiger partial charge in [0, 0.05) is 0 Å². The Labute approximate surface area is 98.4 Å². The Morgan fingerprint density at radius 2 is 2.20 bits per heavy atom. The Hall–Kier alpha value is -0.580. The van der Waals surface area contributed by atoms with Gasteiger partial charge in [-0.15, -0.1) is 0 Å². The molecule has 1 aromatic rings. The number of benzene rings is 1. The number of aliphatic hydroxyl groups excluding tert-OH is 1. The minimum Gasteiger partial charge on any atom is -0.496 e. The van der Waals surface area contributed by atoms with Crippen molar-refractivity contribution in [3.8, 4) is 5.75 Å². The molecule has 0 saturated carbocycles. The molecular weight excluding hydrogens is 258 g/mol. The Balaban J connectivity index is 3.05. The number of ether oxygens (including phenoxy) is 1. The van der Waals surface area contributed by atoms with Gasteiger partial charge in [-0.1, -0.05) is 6.07 Å². The van der Waals surface area contributed by atoms with Crippen molar-refractivity contribution in [3.63, 3.8) is 0 Å². The number of hydrogen-bond donors (Lipinski definition) is 2. The van der Waals surface area contributed by atoms with Crippen LogP contribution in [0.2, 0.25) is 0 Å². The van der Waals surface area contributed by atoms with Crippen molar-refractivity contribution in [1.29, 1.82) is 0 Å². The number of aliphatic hydroxyl groups is 1. The minimum atomic E-state index is -0.518. The maximum Gasteiger partial charge on any atom is 0.133 e. The van der Waals surface area contributed by atoms with E-state index in [0.717, 1.165) is 21.3 Å². The smallest absolute Gasteiger partial charge is 0.133 e. The first kappa shape index (κ1) is 12.5. The van der Waals surface area contributed by atoms with Crippen molar-refractivity contribution < 1.29 is 9.84 Å². The van der Waals surface area contributed by atoms with Crippen molar-refractivity contribution >= 4 is 15.9 Å². The molecule has 0 radical (unpaired) electrons. The molecule has 0 spiro atoms. The Morgan fingerprint density at radius 3 is 2.73 bits per heavy atom. The highest BCUT2D eigenvalue weighted by atomic mass is 79.9. The fourth-order valence-corrected chi connectivity index (χ4v) is 1.82. The highest BCUT2D eigenvalue weighted by Crippen LogP contribution is 2.32. The maximum atomic E-state index is 9.80. The van der Waals surface area contributed by atoms with Crippen LogP contribution in [0.15, 0.2) is 16.6 Å². The van der Waals surface area contributed by atoms with E-state index in [0.29, 0.717) is 13.0 Å². The van der Waals surface area contributed by atoms with E-state index in [1.165, 1.54) is 0 Å². The molecule has 1 rings (SSSR count). The summed E-state index contributed by atoms with van der Waals surface area (Å²) in [7, 11) is 1.61. The van der Waals surface area contributed by atoms with Gasteiger partial charge in [0.25, 0.3) is 0 Å². The third-order valence-electron chi connectivity index (χ3n) is 2.29. The van der Waals surface area contributed by atoms with Gasteiger partial charge < -0.3 is 15.6 Å². The van der Waals surface area contributed by atoms with E-state index in [2.05, 4.69) is 15.9 Å². The van der Waals surface area contributed by atoms with E-state index in [-0.39, 0.29) is 0 Å². The van der Waals surface area contributed by atoms with Crippen LogP contribution in [0.5, 0.6) is 5.75 Å². The van der Waals surface area contributed by atoms with Gasteiger partial charge in [0.2, 0.25) is 0 Å². The highest BCUT2D eigenvalue weighted by Gasteiger charge is 2.11. The molecule has 84 valence electrons. The molecule has 0 saturated heterocycles. The summed E-state index contributed by atoms with van der Waals surface area (Å²) < 4.78 is 6.13. The first-order chi connectivity index (χ1) is 7.10. The Kier molecular flexibility index (Phi) is 4.57.